The number of carbonyl (C=O) groups is 1. The van der Waals surface area contributed by atoms with E-state index in [1.165, 1.54) is 19.2 Å². The number of benzene rings is 1. The number of anilines is 1. The molecule has 2 rings (SSSR count). The molecule has 17 heavy (non-hydrogen) atoms. The molecule has 1 aromatic rings. The van der Waals surface area contributed by atoms with Crippen LogP contribution in [0.25, 0.3) is 0 Å². The number of hydrogen-bond donors (Lipinski definition) is 1. The number of ether oxygens (including phenoxy) is 1. The molecule has 0 saturated heterocycles. The molecule has 1 aromatic carbocycles. The number of thioether (sulfide) groups is 1. The van der Waals surface area contributed by atoms with Crippen molar-refractivity contribution in [3.05, 3.63) is 33.6 Å². The van der Waals surface area contributed by atoms with Gasteiger partial charge in [-0.15, -0.1) is 0 Å². The minimum absolute atomic E-state index is 0.288. The molecule has 0 bridgehead atoms. The van der Waals surface area contributed by atoms with Gasteiger partial charge in [0, 0.05) is 10.6 Å². The molecule has 1 aliphatic heterocycles. The highest BCUT2D eigenvalue weighted by Gasteiger charge is 2.24. The summed E-state index contributed by atoms with van der Waals surface area (Å²) in [4.78, 5) is 12.5. The van der Waals surface area contributed by atoms with Crippen LogP contribution in [-0.2, 0) is 9.53 Å². The van der Waals surface area contributed by atoms with Crippen LogP contribution in [0.1, 0.15) is 6.92 Å². The minimum atomic E-state index is -0.453. The fourth-order valence-electron chi connectivity index (χ4n) is 1.47. The van der Waals surface area contributed by atoms with Crippen molar-refractivity contribution in [2.75, 3.05) is 12.4 Å². The number of allylic oxidation sites excluding steroid dienone is 1. The maximum atomic E-state index is 13.2. The number of methoxy groups -OCH3 is 1. The molecule has 0 aliphatic carbocycles. The van der Waals surface area contributed by atoms with Gasteiger partial charge in [0.05, 0.1) is 17.8 Å². The van der Waals surface area contributed by atoms with Crippen LogP contribution in [0.5, 0.6) is 0 Å². The van der Waals surface area contributed by atoms with Crippen molar-refractivity contribution in [3.63, 3.8) is 0 Å². The maximum absolute atomic E-state index is 13.2. The van der Waals surface area contributed by atoms with Gasteiger partial charge in [-0.2, -0.15) is 0 Å². The number of halogens is 2. The lowest BCUT2D eigenvalue weighted by Gasteiger charge is -2.21. The Morgan fingerprint density at radius 2 is 2.24 bits per heavy atom. The van der Waals surface area contributed by atoms with Crippen LogP contribution in [0.2, 0.25) is 5.02 Å². The van der Waals surface area contributed by atoms with E-state index in [9.17, 15) is 9.18 Å². The minimum Gasteiger partial charge on any atom is -0.465 e. The first kappa shape index (κ1) is 12.3. The van der Waals surface area contributed by atoms with Crippen LogP contribution in [0.15, 0.2) is 27.6 Å². The van der Waals surface area contributed by atoms with E-state index in [0.29, 0.717) is 21.2 Å². The summed E-state index contributed by atoms with van der Waals surface area (Å²) >= 11 is 7.06. The van der Waals surface area contributed by atoms with Gasteiger partial charge in [0.25, 0.3) is 0 Å². The maximum Gasteiger partial charge on any atom is 0.346 e. The van der Waals surface area contributed by atoms with Crippen LogP contribution >= 0.6 is 23.4 Å². The van der Waals surface area contributed by atoms with Crippen molar-refractivity contribution in [1.29, 1.82) is 0 Å². The van der Waals surface area contributed by atoms with Gasteiger partial charge >= 0.3 is 5.97 Å². The van der Waals surface area contributed by atoms with Gasteiger partial charge in [-0.3, -0.25) is 0 Å². The zero-order chi connectivity index (χ0) is 12.6. The topological polar surface area (TPSA) is 38.3 Å². The number of esters is 1. The highest BCUT2D eigenvalue weighted by molar-refractivity contribution is 8.04. The number of nitrogens with one attached hydrogen (secondary N) is 1. The summed E-state index contributed by atoms with van der Waals surface area (Å²) in [6.07, 6.45) is 0. The molecular weight excluding hydrogens is 265 g/mol. The molecule has 1 N–H and O–H groups in total. The molecule has 0 amide bonds. The van der Waals surface area contributed by atoms with E-state index in [1.807, 2.05) is 0 Å². The van der Waals surface area contributed by atoms with Crippen molar-refractivity contribution < 1.29 is 13.9 Å². The lowest BCUT2D eigenvalue weighted by atomic mass is 10.2. The van der Waals surface area contributed by atoms with Gasteiger partial charge in [0.15, 0.2) is 0 Å². The standard InChI is InChI=1S/C11H9ClFNO2S/c1-5-10(11(15)16-2)17-8-4-6(13)3-7(12)9(8)14-5/h3-4,14H,1-2H3. The highest BCUT2D eigenvalue weighted by Crippen LogP contribution is 2.43. The van der Waals surface area contributed by atoms with Crippen LogP contribution in [0, 0.1) is 5.82 Å². The Morgan fingerprint density at radius 3 is 2.88 bits per heavy atom. The predicted octanol–water partition coefficient (Wildman–Crippen LogP) is 3.40. The normalized spacial score (nSPS) is 14.1. The Kier molecular flexibility index (Phi) is 3.31. The monoisotopic (exact) mass is 273 g/mol. The highest BCUT2D eigenvalue weighted by atomic mass is 35.5. The van der Waals surface area contributed by atoms with Gasteiger partial charge in [-0.1, -0.05) is 23.4 Å². The van der Waals surface area contributed by atoms with Crippen LogP contribution in [0.4, 0.5) is 10.1 Å². The molecule has 0 saturated carbocycles. The first-order valence-corrected chi connectivity index (χ1v) is 5.95. The summed E-state index contributed by atoms with van der Waals surface area (Å²) in [7, 11) is 1.30. The summed E-state index contributed by atoms with van der Waals surface area (Å²) in [5.41, 5.74) is 1.26. The molecule has 1 aliphatic rings. The molecule has 0 unspecified atom stereocenters. The molecule has 0 atom stereocenters. The summed E-state index contributed by atoms with van der Waals surface area (Å²) in [5, 5.41) is 3.27. The van der Waals surface area contributed by atoms with E-state index in [4.69, 9.17) is 11.6 Å². The largest absolute Gasteiger partial charge is 0.465 e. The average molecular weight is 274 g/mol. The molecule has 0 spiro atoms. The quantitative estimate of drug-likeness (QED) is 0.796. The zero-order valence-corrected chi connectivity index (χ0v) is 10.7. The second-order valence-electron chi connectivity index (χ2n) is 3.43. The number of fused-ring (bicyclic) bond motifs is 1. The third-order valence-electron chi connectivity index (χ3n) is 2.25. The van der Waals surface area contributed by atoms with Crippen molar-refractivity contribution in [1.82, 2.24) is 0 Å². The first-order chi connectivity index (χ1) is 8.02. The fraction of sp³-hybridized carbons (Fsp3) is 0.182. The Morgan fingerprint density at radius 1 is 1.53 bits per heavy atom. The zero-order valence-electron chi connectivity index (χ0n) is 9.14. The molecule has 0 aromatic heterocycles. The fourth-order valence-corrected chi connectivity index (χ4v) is 2.80. The van der Waals surface area contributed by atoms with E-state index in [-0.39, 0.29) is 5.02 Å². The second kappa shape index (κ2) is 4.58. The van der Waals surface area contributed by atoms with Gasteiger partial charge in [-0.25, -0.2) is 9.18 Å². The SMILES string of the molecule is COC(=O)C1=C(C)Nc2c(Cl)cc(F)cc2S1. The molecular formula is C11H9ClFNO2S. The van der Waals surface area contributed by atoms with Crippen LogP contribution < -0.4 is 5.32 Å². The second-order valence-corrected chi connectivity index (χ2v) is 4.89. The molecule has 90 valence electrons. The Bertz CT molecular complexity index is 530. The summed E-state index contributed by atoms with van der Waals surface area (Å²) < 4.78 is 17.9. The smallest absolute Gasteiger partial charge is 0.346 e. The molecule has 0 radical (unpaired) electrons. The lowest BCUT2D eigenvalue weighted by molar-refractivity contribution is -0.135. The van der Waals surface area contributed by atoms with Crippen molar-refractivity contribution in [3.8, 4) is 0 Å². The third kappa shape index (κ3) is 2.25. The molecule has 3 nitrogen and oxygen atoms in total. The van der Waals surface area contributed by atoms with Gasteiger partial charge < -0.3 is 10.1 Å². The Labute approximate surface area is 107 Å². The summed E-state index contributed by atoms with van der Waals surface area (Å²) in [6, 6.07) is 2.55. The van der Waals surface area contributed by atoms with E-state index in [2.05, 4.69) is 10.1 Å². The average Bonchev–Trinajstić information content (AvgIpc) is 2.28. The molecule has 0 fully saturated rings. The van der Waals surface area contributed by atoms with Gasteiger partial charge in [0.1, 0.15) is 10.7 Å². The van der Waals surface area contributed by atoms with Gasteiger partial charge in [0.2, 0.25) is 0 Å². The number of carbonyl (C=O) groups excluding carboxylic acids is 1. The molecule has 1 heterocycles. The van der Waals surface area contributed by atoms with Crippen molar-refractivity contribution in [2.24, 2.45) is 0 Å². The summed E-state index contributed by atoms with van der Waals surface area (Å²) in [6.45, 7) is 1.74. The summed E-state index contributed by atoms with van der Waals surface area (Å²) in [5.74, 6) is -0.891. The third-order valence-corrected chi connectivity index (χ3v) is 3.77. The van der Waals surface area contributed by atoms with E-state index >= 15 is 0 Å². The number of rotatable bonds is 1. The predicted molar refractivity (Wildman–Crippen MR) is 65.6 cm³/mol. The lowest BCUT2D eigenvalue weighted by Crippen LogP contribution is -2.13. The number of hydrogen-bond acceptors (Lipinski definition) is 4. The van der Waals surface area contributed by atoms with Gasteiger partial charge in [-0.05, 0) is 19.1 Å². The van der Waals surface area contributed by atoms with E-state index < -0.39 is 11.8 Å². The Hall–Kier alpha value is -1.20. The van der Waals surface area contributed by atoms with E-state index in [0.717, 1.165) is 11.8 Å². The van der Waals surface area contributed by atoms with Crippen LogP contribution in [0.3, 0.4) is 0 Å². The van der Waals surface area contributed by atoms with Crippen LogP contribution in [-0.4, -0.2) is 13.1 Å². The van der Waals surface area contributed by atoms with E-state index in [1.54, 1.807) is 6.92 Å². The van der Waals surface area contributed by atoms with Crippen molar-refractivity contribution >= 4 is 35.0 Å². The van der Waals surface area contributed by atoms with Crippen molar-refractivity contribution in [2.45, 2.75) is 11.8 Å². The Balaban J connectivity index is 2.45. The first-order valence-electron chi connectivity index (χ1n) is 4.76. The molecule has 6 heteroatoms.